The fourth-order valence-electron chi connectivity index (χ4n) is 9.48. The minimum atomic E-state index is -3.94. The second-order valence-corrected chi connectivity index (χ2v) is 19.0. The van der Waals surface area contributed by atoms with E-state index < -0.39 is 21.0 Å². The second-order valence-electron chi connectivity index (χ2n) is 17.1. The minimum Gasteiger partial charge on any atom is -0.482 e. The summed E-state index contributed by atoms with van der Waals surface area (Å²) in [5.41, 5.74) is 5.24. The summed E-state index contributed by atoms with van der Waals surface area (Å²) in [5, 5.41) is 9.88. The normalized spacial score (nSPS) is 17.7. The van der Waals surface area contributed by atoms with Crippen molar-refractivity contribution in [2.75, 3.05) is 11.9 Å². The van der Waals surface area contributed by atoms with Gasteiger partial charge in [-0.3, -0.25) is 4.79 Å². The van der Waals surface area contributed by atoms with Crippen LogP contribution in [0.2, 0.25) is 0 Å². The van der Waals surface area contributed by atoms with Gasteiger partial charge in [-0.25, -0.2) is 8.42 Å². The van der Waals surface area contributed by atoms with Crippen molar-refractivity contribution in [1.29, 1.82) is 0 Å². The van der Waals surface area contributed by atoms with Crippen molar-refractivity contribution in [1.82, 2.24) is 4.57 Å². The largest absolute Gasteiger partial charge is 0.482 e. The van der Waals surface area contributed by atoms with E-state index in [2.05, 4.69) is 67.9 Å². The van der Waals surface area contributed by atoms with Gasteiger partial charge in [-0.15, -0.1) is 0 Å². The summed E-state index contributed by atoms with van der Waals surface area (Å²) in [6, 6.07) is 25.1. The first-order valence-electron chi connectivity index (χ1n) is 21.1. The van der Waals surface area contributed by atoms with Crippen LogP contribution in [0.4, 0.5) is 5.69 Å². The number of aromatic nitrogens is 1. The highest BCUT2D eigenvalue weighted by molar-refractivity contribution is 7.95. The number of ketones is 1. The van der Waals surface area contributed by atoms with Crippen LogP contribution < -0.4 is 20.1 Å². The molecule has 0 fully saturated rings. The maximum atomic E-state index is 14.6. The Hall–Kier alpha value is -5.60. The van der Waals surface area contributed by atoms with E-state index >= 15 is 0 Å². The van der Waals surface area contributed by atoms with Crippen LogP contribution in [0.3, 0.4) is 0 Å². The number of nitrogens with one attached hydrogen (secondary N) is 1. The van der Waals surface area contributed by atoms with Gasteiger partial charge in [-0.1, -0.05) is 75.2 Å². The predicted molar refractivity (Wildman–Crippen MR) is 240 cm³/mol. The third-order valence-electron chi connectivity index (χ3n) is 12.4. The topological polar surface area (TPSA) is 86.6 Å². The molecule has 0 saturated carbocycles. The molecule has 9 rings (SSSR count). The Morgan fingerprint density at radius 3 is 2.15 bits per heavy atom. The van der Waals surface area contributed by atoms with Crippen molar-refractivity contribution in [3.05, 3.63) is 135 Å². The molecule has 3 aliphatic rings. The van der Waals surface area contributed by atoms with E-state index in [1.165, 1.54) is 10.9 Å². The van der Waals surface area contributed by atoms with Crippen molar-refractivity contribution in [3.63, 3.8) is 0 Å². The lowest BCUT2D eigenvalue weighted by Gasteiger charge is -2.19. The molecule has 8 heteroatoms. The number of nitrogens with zero attached hydrogens (tertiary/aromatic N) is 1. The van der Waals surface area contributed by atoms with Crippen LogP contribution in [-0.2, 0) is 27.6 Å². The molecule has 0 bridgehead atoms. The van der Waals surface area contributed by atoms with Crippen LogP contribution >= 0.6 is 0 Å². The molecular weight excluding hydrogens is 753 g/mol. The van der Waals surface area contributed by atoms with Gasteiger partial charge < -0.3 is 19.4 Å². The molecule has 0 atom stereocenters. The average Bonchev–Trinajstić information content (AvgIpc) is 3.93. The summed E-state index contributed by atoms with van der Waals surface area (Å²) in [6.07, 6.45) is 12.5. The number of carbonyl (C=O) groups excluding carboxylic acids is 1. The zero-order valence-electron chi connectivity index (χ0n) is 34.9. The number of carbonyl (C=O) groups is 1. The lowest BCUT2D eigenvalue weighted by molar-refractivity contribution is 0.104. The molecule has 0 saturated heterocycles. The number of unbranched alkanes of at least 4 members (excludes halogenated alkanes) is 2. The van der Waals surface area contributed by atoms with Gasteiger partial charge >= 0.3 is 0 Å². The number of rotatable bonds is 13. The molecule has 2 aliphatic heterocycles. The van der Waals surface area contributed by atoms with Crippen LogP contribution in [-0.4, -0.2) is 25.3 Å². The Labute approximate surface area is 347 Å². The second kappa shape index (κ2) is 14.6. The molecule has 0 spiro atoms. The molecule has 7 nitrogen and oxygen atoms in total. The van der Waals surface area contributed by atoms with Gasteiger partial charge in [0.2, 0.25) is 9.84 Å². The molecule has 302 valence electrons. The van der Waals surface area contributed by atoms with Crippen LogP contribution in [0.1, 0.15) is 102 Å². The van der Waals surface area contributed by atoms with E-state index in [-0.39, 0.29) is 15.6 Å². The van der Waals surface area contributed by atoms with Gasteiger partial charge in [0.25, 0.3) is 0 Å². The summed E-state index contributed by atoms with van der Waals surface area (Å²) in [6.45, 7) is 14.3. The number of aryl methyl sites for hydroxylation is 1. The van der Waals surface area contributed by atoms with Crippen molar-refractivity contribution in [2.24, 2.45) is 0 Å². The van der Waals surface area contributed by atoms with Crippen LogP contribution in [0.15, 0.2) is 118 Å². The summed E-state index contributed by atoms with van der Waals surface area (Å²) >= 11 is 0. The smallest absolute Gasteiger partial charge is 0.207 e. The fraction of sp³-hybridized carbons (Fsp3) is 0.314. The molecule has 6 aromatic rings. The van der Waals surface area contributed by atoms with Crippen LogP contribution in [0.5, 0.6) is 11.5 Å². The first-order valence-corrected chi connectivity index (χ1v) is 22.6. The van der Waals surface area contributed by atoms with Gasteiger partial charge in [0.15, 0.2) is 5.78 Å². The van der Waals surface area contributed by atoms with E-state index in [0.717, 1.165) is 99.5 Å². The molecular formula is C51H52N2O5S. The van der Waals surface area contributed by atoms with Crippen molar-refractivity contribution in [2.45, 2.75) is 103 Å². The molecule has 3 heterocycles. The number of hydrogen-bond donors (Lipinski definition) is 1. The third-order valence-corrected chi connectivity index (χ3v) is 14.4. The Morgan fingerprint density at radius 2 is 1.44 bits per heavy atom. The maximum absolute atomic E-state index is 14.6. The lowest BCUT2D eigenvalue weighted by atomic mass is 9.90. The molecule has 0 amide bonds. The average molecular weight is 805 g/mol. The summed E-state index contributed by atoms with van der Waals surface area (Å²) in [5.74, 6) is 1.48. The highest BCUT2D eigenvalue weighted by Crippen LogP contribution is 2.49. The fourth-order valence-corrected chi connectivity index (χ4v) is 11.3. The highest BCUT2D eigenvalue weighted by atomic mass is 32.2. The van der Waals surface area contributed by atoms with E-state index in [1.807, 2.05) is 50.3 Å². The molecule has 0 radical (unpaired) electrons. The molecule has 5 aromatic carbocycles. The van der Waals surface area contributed by atoms with Crippen LogP contribution in [0, 0.1) is 0 Å². The summed E-state index contributed by atoms with van der Waals surface area (Å²) < 4.78 is 44.5. The molecule has 1 aromatic heterocycles. The Bertz CT molecular complexity index is 2960. The molecule has 1 N–H and O–H groups in total. The van der Waals surface area contributed by atoms with E-state index in [0.29, 0.717) is 24.0 Å². The zero-order valence-corrected chi connectivity index (χ0v) is 35.7. The number of sulfone groups is 1. The lowest BCUT2D eigenvalue weighted by Crippen LogP contribution is -2.20. The highest BCUT2D eigenvalue weighted by Gasteiger charge is 2.37. The predicted octanol–water partition coefficient (Wildman–Crippen LogP) is 11.6. The maximum Gasteiger partial charge on any atom is 0.207 e. The number of benzene rings is 5. The number of ether oxygens (including phenoxy) is 2. The molecule has 0 unspecified atom stereocenters. The van der Waals surface area contributed by atoms with E-state index in [1.54, 1.807) is 36.4 Å². The SMILES string of the molecule is CCCCNc1ccc2c3c(ccc(C(=O)/C=C/C4=C(S(=O)(=O)c5ccccc5)C(=C/C=c5\c6ccc7c8c(ccc(c86)n5CCCC)OC7(C)C)/CC4)c13)C(C)(C)O2. The van der Waals surface area contributed by atoms with Crippen molar-refractivity contribution >= 4 is 59.8 Å². The Balaban J connectivity index is 1.18. The van der Waals surface area contributed by atoms with Gasteiger partial charge in [0.1, 0.15) is 22.7 Å². The number of allylic oxidation sites excluding steroid dienone is 5. The van der Waals surface area contributed by atoms with E-state index in [4.69, 9.17) is 9.47 Å². The number of anilines is 1. The zero-order chi connectivity index (χ0) is 41.3. The first kappa shape index (κ1) is 38.9. The van der Waals surface area contributed by atoms with Crippen molar-refractivity contribution in [3.8, 4) is 11.5 Å². The van der Waals surface area contributed by atoms with Gasteiger partial charge in [0, 0.05) is 73.3 Å². The summed E-state index contributed by atoms with van der Waals surface area (Å²) in [7, 11) is -3.94. The van der Waals surface area contributed by atoms with E-state index in [9.17, 15) is 13.2 Å². The Morgan fingerprint density at radius 1 is 0.763 bits per heavy atom. The third kappa shape index (κ3) is 6.38. The first-order chi connectivity index (χ1) is 28.4. The number of hydrogen-bond acceptors (Lipinski definition) is 6. The van der Waals surface area contributed by atoms with Gasteiger partial charge in [-0.2, -0.15) is 0 Å². The Kier molecular flexibility index (Phi) is 9.62. The van der Waals surface area contributed by atoms with Crippen molar-refractivity contribution < 1.29 is 22.7 Å². The molecule has 59 heavy (non-hydrogen) atoms. The monoisotopic (exact) mass is 804 g/mol. The van der Waals surface area contributed by atoms with Crippen LogP contribution in [0.25, 0.3) is 38.5 Å². The quantitative estimate of drug-likeness (QED) is 0.0711. The van der Waals surface area contributed by atoms with Gasteiger partial charge in [0.05, 0.1) is 9.80 Å². The minimum absolute atomic E-state index is 0.188. The molecule has 1 aliphatic carbocycles. The summed E-state index contributed by atoms with van der Waals surface area (Å²) in [4.78, 5) is 14.9. The standard InChI is InChI=1S/C51H52N2O5S/c1-7-9-30-52-39-24-28-43-47-37(50(3,4)57-43)23-21-36(45(39)47)42(54)27-19-33-17-16-32(49(33)59(55,56)34-14-12-11-13-15-34)18-25-40-35-20-22-38-48-44(58-51(38,5)6)29-26-41(46(35)48)53(40)31-10-8-2/h11-15,18-29,52H,7-10,16-17,30-31H2,1-6H3/b27-19+,32-18+,40-25+. The van der Waals surface area contributed by atoms with Gasteiger partial charge in [-0.05, 0) is 119 Å².